The van der Waals surface area contributed by atoms with Gasteiger partial charge in [0.25, 0.3) is 0 Å². The van der Waals surface area contributed by atoms with E-state index in [1.54, 1.807) is 0 Å². The number of unbranched alkanes of at least 4 members (excludes halogenated alkanes) is 2. The van der Waals surface area contributed by atoms with Crippen LogP contribution in [0.4, 0.5) is 11.4 Å². The number of anilines is 2. The molecule has 3 rings (SSSR count). The second-order valence-corrected chi connectivity index (χ2v) is 8.03. The maximum absolute atomic E-state index is 8.29. The fraction of sp³-hybridized carbons (Fsp3) is 0.292. The summed E-state index contributed by atoms with van der Waals surface area (Å²) >= 11 is 4.61. The van der Waals surface area contributed by atoms with E-state index < -0.39 is 11.6 Å². The molecule has 0 radical (unpaired) electrons. The topological polar surface area (TPSA) is 113 Å². The number of hydrogen-bond donors (Lipinski definition) is 3. The number of hydrogen-bond acceptors (Lipinski definition) is 7. The molecular weight excluding hydrogens is 468 g/mol. The van der Waals surface area contributed by atoms with Gasteiger partial charge in [-0.05, 0) is 80.1 Å². The number of pyridine rings is 2. The predicted octanol–water partition coefficient (Wildman–Crippen LogP) is 3.55. The number of benzene rings is 1. The van der Waals surface area contributed by atoms with Crippen molar-refractivity contribution in [2.75, 3.05) is 24.1 Å². The van der Waals surface area contributed by atoms with Crippen LogP contribution in [0.25, 0.3) is 0 Å². The second kappa shape index (κ2) is 16.4. The van der Waals surface area contributed by atoms with Crippen LogP contribution in [0.1, 0.15) is 30.7 Å². The fourth-order valence-electron chi connectivity index (χ4n) is 3.24. The Kier molecular flexibility index (Phi) is 13.0. The van der Waals surface area contributed by atoms with Crippen LogP contribution in [0.2, 0.25) is 0 Å². The molecule has 0 atom stereocenters. The molecule has 0 amide bonds. The van der Waals surface area contributed by atoms with Crippen LogP contribution in [-0.4, -0.2) is 41.5 Å². The van der Waals surface area contributed by atoms with Crippen molar-refractivity contribution in [3.63, 3.8) is 0 Å². The smallest absolute Gasteiger partial charge is 0.335 e. The van der Waals surface area contributed by atoms with E-state index in [-0.39, 0.29) is 0 Å². The Morgan fingerprint density at radius 3 is 2.00 bits per heavy atom. The highest BCUT2D eigenvalue weighted by atomic mass is 32.1. The van der Waals surface area contributed by atoms with E-state index >= 15 is 0 Å². The molecule has 0 aliphatic carbocycles. The van der Waals surface area contributed by atoms with E-state index in [0.29, 0.717) is 5.11 Å². The summed E-state index contributed by atoms with van der Waals surface area (Å²) in [6.07, 6.45) is 6.99. The summed E-state index contributed by atoms with van der Waals surface area (Å²) in [6, 6.07) is 19.7. The Hall–Kier alpha value is -3.21. The van der Waals surface area contributed by atoms with Gasteiger partial charge in [-0.1, -0.05) is 18.6 Å². The summed E-state index contributed by atoms with van der Waals surface area (Å²) in [5, 5.41) is 7.08. The zero-order chi connectivity index (χ0) is 24.4. The van der Waals surface area contributed by atoms with Gasteiger partial charge in [-0.15, -0.1) is 0 Å². The van der Waals surface area contributed by atoms with E-state index in [9.17, 15) is 0 Å². The molecule has 2 aromatic heterocycles. The fourth-order valence-corrected chi connectivity index (χ4v) is 3.46. The second-order valence-electron chi connectivity index (χ2n) is 7.48. The lowest BCUT2D eigenvalue weighted by Gasteiger charge is -2.21. The highest BCUT2D eigenvalue weighted by molar-refractivity contribution is 7.80. The molecule has 1 aromatic carbocycles. The molecule has 4 N–H and O–H groups in total. The van der Waals surface area contributed by atoms with Gasteiger partial charge in [0.05, 0.1) is 11.4 Å². The van der Waals surface area contributed by atoms with E-state index in [4.69, 9.17) is 26.4 Å². The van der Waals surface area contributed by atoms with E-state index in [1.807, 2.05) is 60.9 Å². The summed E-state index contributed by atoms with van der Waals surface area (Å²) in [5.74, 6) is 0. The van der Waals surface area contributed by atoms with Crippen molar-refractivity contribution < 1.29 is 8.42 Å². The first-order valence-corrected chi connectivity index (χ1v) is 12.0. The molecule has 2 heterocycles. The van der Waals surface area contributed by atoms with Crippen molar-refractivity contribution in [1.82, 2.24) is 20.2 Å². The Bertz CT molecular complexity index is 959. The van der Waals surface area contributed by atoms with Gasteiger partial charge in [0.1, 0.15) is 0 Å². The molecule has 34 heavy (non-hydrogen) atoms. The quantitative estimate of drug-likeness (QED) is 0.207. The van der Waals surface area contributed by atoms with Gasteiger partial charge >= 0.3 is 11.6 Å². The van der Waals surface area contributed by atoms with Crippen LogP contribution in [0, 0.1) is 0 Å². The number of rotatable bonds is 11. The van der Waals surface area contributed by atoms with E-state index in [2.05, 4.69) is 37.6 Å². The number of nitrogen functional groups attached to an aromatic ring is 1. The summed E-state index contributed by atoms with van der Waals surface area (Å²) < 4.78 is 16.6. The predicted molar refractivity (Wildman–Crippen MR) is 140 cm³/mol. The van der Waals surface area contributed by atoms with Crippen LogP contribution in [-0.2, 0) is 24.7 Å². The summed E-state index contributed by atoms with van der Waals surface area (Å²) in [7, 11) is 0. The maximum Gasteiger partial charge on any atom is 0.335 e. The standard InChI is InChI=1S/C24H30N6S.O2S/c25-20-10-12-21(13-11-20)29-24(31)28-16-4-1-7-17-30(18-22-8-2-5-14-26-22)19-23-9-3-6-15-27-23;1-3-2/h2-3,5-6,8-15H,1,4,7,16-19,25H2,(H2,28,29,31);. The first-order valence-electron chi connectivity index (χ1n) is 10.9. The molecular formula is C24H30N6O2S2. The van der Waals surface area contributed by atoms with Crippen molar-refractivity contribution in [2.45, 2.75) is 32.4 Å². The zero-order valence-corrected chi connectivity index (χ0v) is 20.6. The molecule has 0 saturated carbocycles. The minimum Gasteiger partial charge on any atom is -0.399 e. The minimum absolute atomic E-state index is 0.636. The normalized spacial score (nSPS) is 10.1. The van der Waals surface area contributed by atoms with Crippen LogP contribution < -0.4 is 16.4 Å². The summed E-state index contributed by atoms with van der Waals surface area (Å²) in [5.41, 5.74) is 9.55. The molecule has 0 saturated heterocycles. The third-order valence-electron chi connectivity index (χ3n) is 4.83. The Labute approximate surface area is 209 Å². The van der Waals surface area contributed by atoms with Crippen molar-refractivity contribution in [2.24, 2.45) is 0 Å². The molecule has 0 spiro atoms. The largest absolute Gasteiger partial charge is 0.399 e. The average Bonchev–Trinajstić information content (AvgIpc) is 2.84. The average molecular weight is 499 g/mol. The van der Waals surface area contributed by atoms with Gasteiger partial charge in [0.2, 0.25) is 0 Å². The van der Waals surface area contributed by atoms with Crippen molar-refractivity contribution in [3.05, 3.63) is 84.4 Å². The van der Waals surface area contributed by atoms with E-state index in [1.165, 1.54) is 0 Å². The van der Waals surface area contributed by atoms with Crippen LogP contribution >= 0.6 is 12.2 Å². The van der Waals surface area contributed by atoms with Crippen LogP contribution in [0.3, 0.4) is 0 Å². The third kappa shape index (κ3) is 11.6. The van der Waals surface area contributed by atoms with Crippen molar-refractivity contribution in [1.29, 1.82) is 0 Å². The Balaban J connectivity index is 0.00000129. The maximum atomic E-state index is 8.29. The lowest BCUT2D eigenvalue weighted by atomic mass is 10.2. The molecule has 0 bridgehead atoms. The molecule has 0 fully saturated rings. The number of nitrogens with zero attached hydrogens (tertiary/aromatic N) is 3. The van der Waals surface area contributed by atoms with Gasteiger partial charge in [0.15, 0.2) is 5.11 Å². The Morgan fingerprint density at radius 2 is 1.47 bits per heavy atom. The van der Waals surface area contributed by atoms with Crippen LogP contribution in [0.15, 0.2) is 73.1 Å². The minimum atomic E-state index is -0.750. The summed E-state index contributed by atoms with van der Waals surface area (Å²) in [4.78, 5) is 11.4. The molecule has 10 heteroatoms. The zero-order valence-electron chi connectivity index (χ0n) is 18.9. The monoisotopic (exact) mass is 498 g/mol. The lowest BCUT2D eigenvalue weighted by molar-refractivity contribution is 0.245. The molecule has 0 aliphatic rings. The number of nitrogens with two attached hydrogens (primary N) is 1. The van der Waals surface area contributed by atoms with Gasteiger partial charge in [0, 0.05) is 43.4 Å². The van der Waals surface area contributed by atoms with E-state index in [0.717, 1.165) is 68.2 Å². The molecule has 0 aliphatic heterocycles. The highest BCUT2D eigenvalue weighted by Crippen LogP contribution is 2.11. The van der Waals surface area contributed by atoms with Crippen molar-refractivity contribution >= 4 is 40.3 Å². The Morgan fingerprint density at radius 1 is 0.882 bits per heavy atom. The van der Waals surface area contributed by atoms with Gasteiger partial charge in [-0.3, -0.25) is 14.9 Å². The SMILES string of the molecule is Nc1ccc(NC(=S)NCCCCCN(Cc2ccccn2)Cc2ccccn2)cc1.O=S=O. The van der Waals surface area contributed by atoms with Gasteiger partial charge in [-0.25, -0.2) is 0 Å². The first kappa shape index (κ1) is 27.0. The molecule has 0 unspecified atom stereocenters. The van der Waals surface area contributed by atoms with Crippen LogP contribution in [0.5, 0.6) is 0 Å². The van der Waals surface area contributed by atoms with Gasteiger partial charge in [-0.2, -0.15) is 8.42 Å². The van der Waals surface area contributed by atoms with Gasteiger partial charge < -0.3 is 16.4 Å². The third-order valence-corrected chi connectivity index (χ3v) is 5.08. The number of aromatic nitrogens is 2. The molecule has 8 nitrogen and oxygen atoms in total. The first-order chi connectivity index (χ1) is 16.6. The van der Waals surface area contributed by atoms with Crippen molar-refractivity contribution in [3.8, 4) is 0 Å². The number of thiocarbonyl (C=S) groups is 1. The summed E-state index contributed by atoms with van der Waals surface area (Å²) in [6.45, 7) is 3.50. The molecule has 3 aromatic rings. The lowest BCUT2D eigenvalue weighted by Crippen LogP contribution is -2.29. The highest BCUT2D eigenvalue weighted by Gasteiger charge is 2.08. The molecule has 180 valence electrons. The number of nitrogens with one attached hydrogen (secondary N) is 2.